The van der Waals surface area contributed by atoms with Crippen molar-refractivity contribution in [3.05, 3.63) is 65.2 Å². The molecule has 0 saturated carbocycles. The third-order valence-corrected chi connectivity index (χ3v) is 3.62. The minimum absolute atomic E-state index is 0.165. The minimum atomic E-state index is -5.08. The van der Waals surface area contributed by atoms with Crippen molar-refractivity contribution in [1.82, 2.24) is 5.32 Å². The number of nitrogens with zero attached hydrogens (tertiary/aromatic N) is 1. The van der Waals surface area contributed by atoms with Crippen LogP contribution >= 0.6 is 0 Å². The van der Waals surface area contributed by atoms with Crippen LogP contribution < -0.4 is 10.6 Å². The smallest absolute Gasteiger partial charge is 0.475 e. The normalized spacial score (nSPS) is 12.6. The molecule has 1 amide bonds. The molecule has 1 heterocycles. The number of aliphatic carboxylic acids is 1. The molecule has 0 saturated heterocycles. The molecule has 3 rings (SSSR count). The first-order valence-electron chi connectivity index (χ1n) is 8.27. The molecule has 9 heteroatoms. The number of hydrogen-bond acceptors (Lipinski definition) is 4. The van der Waals surface area contributed by atoms with E-state index in [2.05, 4.69) is 21.5 Å². The molecule has 1 aliphatic heterocycles. The number of rotatable bonds is 3. The Morgan fingerprint density at radius 2 is 1.83 bits per heavy atom. The molecular weight excluding hydrogens is 387 g/mol. The van der Waals surface area contributed by atoms with Crippen molar-refractivity contribution in [2.75, 3.05) is 18.4 Å². The number of aliphatic imine (C=N–C) groups is 1. The van der Waals surface area contributed by atoms with Crippen molar-refractivity contribution >= 4 is 23.4 Å². The number of amides is 1. The Kier molecular flexibility index (Phi) is 6.98. The molecule has 150 valence electrons. The van der Waals surface area contributed by atoms with Crippen LogP contribution in [0.15, 0.2) is 53.5 Å². The second kappa shape index (κ2) is 9.41. The molecule has 0 aromatic heterocycles. The van der Waals surface area contributed by atoms with E-state index in [-0.39, 0.29) is 5.91 Å². The molecule has 0 bridgehead atoms. The SMILES string of the molecule is C#Cc1ccc(C(=O)Nc2cccc(C3=NCCN3)c2)cc1.O=C(O)C(F)(F)F. The number of carboxylic acids is 1. The highest BCUT2D eigenvalue weighted by atomic mass is 19.4. The van der Waals surface area contributed by atoms with E-state index in [1.54, 1.807) is 24.3 Å². The fraction of sp³-hybridized carbons (Fsp3) is 0.150. The largest absolute Gasteiger partial charge is 0.490 e. The lowest BCUT2D eigenvalue weighted by Gasteiger charge is -2.08. The maximum absolute atomic E-state index is 12.2. The number of terminal acetylenes is 1. The minimum Gasteiger partial charge on any atom is -0.475 e. The van der Waals surface area contributed by atoms with E-state index in [9.17, 15) is 18.0 Å². The van der Waals surface area contributed by atoms with Crippen molar-refractivity contribution in [3.8, 4) is 12.3 Å². The van der Waals surface area contributed by atoms with Crippen LogP contribution in [0.3, 0.4) is 0 Å². The molecule has 1 aliphatic rings. The zero-order valence-electron chi connectivity index (χ0n) is 15.0. The molecule has 0 aliphatic carbocycles. The van der Waals surface area contributed by atoms with Gasteiger partial charge in [0.15, 0.2) is 0 Å². The van der Waals surface area contributed by atoms with E-state index in [0.717, 1.165) is 35.7 Å². The number of hydrogen-bond donors (Lipinski definition) is 3. The Bertz CT molecular complexity index is 961. The van der Waals surface area contributed by atoms with Crippen LogP contribution in [0.2, 0.25) is 0 Å². The van der Waals surface area contributed by atoms with E-state index in [1.807, 2.05) is 24.3 Å². The standard InChI is InChI=1S/C18H15N3O.C2HF3O2/c1-2-13-6-8-14(9-7-13)18(22)21-16-5-3-4-15(12-16)17-19-10-11-20-17;3-2(4,5)1(6)7/h1,3-9,12H,10-11H2,(H,19,20)(H,21,22);(H,6,7). The number of benzene rings is 2. The van der Waals surface area contributed by atoms with E-state index in [0.29, 0.717) is 5.56 Å². The molecule has 0 spiro atoms. The molecule has 0 radical (unpaired) electrons. The van der Waals surface area contributed by atoms with Gasteiger partial charge in [-0.15, -0.1) is 6.42 Å². The second-order valence-electron chi connectivity index (χ2n) is 5.72. The second-order valence-corrected chi connectivity index (χ2v) is 5.72. The summed E-state index contributed by atoms with van der Waals surface area (Å²) in [6.45, 7) is 1.64. The first-order chi connectivity index (χ1) is 13.7. The Balaban J connectivity index is 0.000000370. The number of carbonyl (C=O) groups is 2. The van der Waals surface area contributed by atoms with Crippen LogP contribution in [0.5, 0.6) is 0 Å². The van der Waals surface area contributed by atoms with Gasteiger partial charge in [-0.2, -0.15) is 13.2 Å². The zero-order chi connectivity index (χ0) is 21.4. The summed E-state index contributed by atoms with van der Waals surface area (Å²) in [6.07, 6.45) is 0.225. The van der Waals surface area contributed by atoms with Crippen LogP contribution in [0.4, 0.5) is 18.9 Å². The lowest BCUT2D eigenvalue weighted by atomic mass is 10.1. The summed E-state index contributed by atoms with van der Waals surface area (Å²) in [5.41, 5.74) is 3.03. The third kappa shape index (κ3) is 6.39. The average Bonchev–Trinajstić information content (AvgIpc) is 3.23. The maximum atomic E-state index is 12.2. The van der Waals surface area contributed by atoms with Crippen LogP contribution in [0.1, 0.15) is 21.5 Å². The lowest BCUT2D eigenvalue weighted by Crippen LogP contribution is -2.21. The maximum Gasteiger partial charge on any atom is 0.490 e. The Hall–Kier alpha value is -3.80. The molecule has 0 fully saturated rings. The van der Waals surface area contributed by atoms with Gasteiger partial charge in [0.1, 0.15) is 5.84 Å². The van der Waals surface area contributed by atoms with Crippen molar-refractivity contribution in [3.63, 3.8) is 0 Å². The first kappa shape index (κ1) is 21.5. The Morgan fingerprint density at radius 1 is 1.17 bits per heavy atom. The number of halogens is 3. The monoisotopic (exact) mass is 403 g/mol. The van der Waals surface area contributed by atoms with Gasteiger partial charge in [0.05, 0.1) is 6.54 Å². The van der Waals surface area contributed by atoms with E-state index in [4.69, 9.17) is 16.3 Å². The van der Waals surface area contributed by atoms with Crippen molar-refractivity contribution < 1.29 is 27.9 Å². The van der Waals surface area contributed by atoms with Gasteiger partial charge in [-0.1, -0.05) is 18.1 Å². The van der Waals surface area contributed by atoms with Crippen LogP contribution in [-0.4, -0.2) is 42.1 Å². The highest BCUT2D eigenvalue weighted by Gasteiger charge is 2.38. The van der Waals surface area contributed by atoms with Gasteiger partial charge in [0, 0.05) is 28.9 Å². The van der Waals surface area contributed by atoms with Gasteiger partial charge in [0.2, 0.25) is 0 Å². The first-order valence-corrected chi connectivity index (χ1v) is 8.27. The molecule has 3 N–H and O–H groups in total. The number of amidine groups is 1. The fourth-order valence-electron chi connectivity index (χ4n) is 2.26. The molecule has 2 aromatic carbocycles. The number of alkyl halides is 3. The molecule has 0 atom stereocenters. The summed E-state index contributed by atoms with van der Waals surface area (Å²) in [6, 6.07) is 14.6. The number of anilines is 1. The predicted octanol–water partition coefficient (Wildman–Crippen LogP) is 2.90. The third-order valence-electron chi connectivity index (χ3n) is 3.62. The highest BCUT2D eigenvalue weighted by Crippen LogP contribution is 2.14. The summed E-state index contributed by atoms with van der Waals surface area (Å²) in [5, 5.41) is 13.2. The fourth-order valence-corrected chi connectivity index (χ4v) is 2.26. The zero-order valence-corrected chi connectivity index (χ0v) is 15.0. The highest BCUT2D eigenvalue weighted by molar-refractivity contribution is 6.05. The predicted molar refractivity (Wildman–Crippen MR) is 102 cm³/mol. The molecule has 6 nitrogen and oxygen atoms in total. The lowest BCUT2D eigenvalue weighted by molar-refractivity contribution is -0.192. The number of carboxylic acid groups (broad SMARTS) is 1. The summed E-state index contributed by atoms with van der Waals surface area (Å²) in [5.74, 6) is 0.478. The number of nitrogens with one attached hydrogen (secondary N) is 2. The molecule has 0 unspecified atom stereocenters. The van der Waals surface area contributed by atoms with E-state index in [1.165, 1.54) is 0 Å². The summed E-state index contributed by atoms with van der Waals surface area (Å²) < 4.78 is 31.7. The van der Waals surface area contributed by atoms with Crippen molar-refractivity contribution in [2.24, 2.45) is 4.99 Å². The summed E-state index contributed by atoms with van der Waals surface area (Å²) in [4.78, 5) is 25.5. The van der Waals surface area contributed by atoms with Gasteiger partial charge in [0.25, 0.3) is 5.91 Å². The van der Waals surface area contributed by atoms with Crippen LogP contribution in [-0.2, 0) is 4.79 Å². The molecular formula is C20H16F3N3O3. The van der Waals surface area contributed by atoms with Crippen LogP contribution in [0, 0.1) is 12.3 Å². The van der Waals surface area contributed by atoms with E-state index >= 15 is 0 Å². The quantitative estimate of drug-likeness (QED) is 0.688. The van der Waals surface area contributed by atoms with Gasteiger partial charge in [-0.25, -0.2) is 4.79 Å². The average molecular weight is 403 g/mol. The van der Waals surface area contributed by atoms with Gasteiger partial charge in [-0.05, 0) is 36.4 Å². The topological polar surface area (TPSA) is 90.8 Å². The molecule has 2 aromatic rings. The molecule has 29 heavy (non-hydrogen) atoms. The van der Waals surface area contributed by atoms with E-state index < -0.39 is 12.1 Å². The van der Waals surface area contributed by atoms with Crippen molar-refractivity contribution in [2.45, 2.75) is 6.18 Å². The summed E-state index contributed by atoms with van der Waals surface area (Å²) >= 11 is 0. The van der Waals surface area contributed by atoms with Crippen LogP contribution in [0.25, 0.3) is 0 Å². The Labute approximate surface area is 164 Å². The number of carbonyl (C=O) groups excluding carboxylic acids is 1. The van der Waals surface area contributed by atoms with Gasteiger partial charge in [-0.3, -0.25) is 9.79 Å². The summed E-state index contributed by atoms with van der Waals surface area (Å²) in [7, 11) is 0. The van der Waals surface area contributed by atoms with Gasteiger partial charge >= 0.3 is 12.1 Å². The van der Waals surface area contributed by atoms with Crippen molar-refractivity contribution in [1.29, 1.82) is 0 Å². The van der Waals surface area contributed by atoms with Gasteiger partial charge < -0.3 is 15.7 Å². The Morgan fingerprint density at radius 3 is 2.34 bits per heavy atom.